The van der Waals surface area contributed by atoms with Crippen molar-refractivity contribution in [3.8, 4) is 0 Å². The van der Waals surface area contributed by atoms with Crippen molar-refractivity contribution in [3.05, 3.63) is 29.8 Å². The molecule has 0 unspecified atom stereocenters. The van der Waals surface area contributed by atoms with E-state index in [2.05, 4.69) is 15.2 Å². The molecule has 1 aromatic carbocycles. The van der Waals surface area contributed by atoms with Crippen LogP contribution in [0.2, 0.25) is 0 Å². The second-order valence-corrected chi connectivity index (χ2v) is 8.93. The summed E-state index contributed by atoms with van der Waals surface area (Å²) in [7, 11) is -0.409. The van der Waals surface area contributed by atoms with Gasteiger partial charge in [-0.15, -0.1) is 0 Å². The van der Waals surface area contributed by atoms with E-state index >= 15 is 0 Å². The van der Waals surface area contributed by atoms with Crippen molar-refractivity contribution in [2.24, 2.45) is 4.99 Å². The SMILES string of the molecule is CCNC(=NCc1ccc(S(=O)(=O)N(C)C)cc1)N1CCN(C(=O)OCC)CC1. The third-order valence-corrected chi connectivity index (χ3v) is 6.38. The third-order valence-electron chi connectivity index (χ3n) is 4.55. The highest BCUT2D eigenvalue weighted by molar-refractivity contribution is 7.89. The summed E-state index contributed by atoms with van der Waals surface area (Å²) in [4.78, 5) is 20.6. The number of hydrogen-bond donors (Lipinski definition) is 1. The van der Waals surface area contributed by atoms with Crippen LogP contribution in [0.3, 0.4) is 0 Å². The molecule has 1 N–H and O–H groups in total. The topological polar surface area (TPSA) is 94.5 Å². The van der Waals surface area contributed by atoms with Gasteiger partial charge in [-0.1, -0.05) is 12.1 Å². The number of nitrogens with one attached hydrogen (secondary N) is 1. The summed E-state index contributed by atoms with van der Waals surface area (Å²) >= 11 is 0. The number of rotatable bonds is 6. The van der Waals surface area contributed by atoms with Crippen LogP contribution in [0.25, 0.3) is 0 Å². The van der Waals surface area contributed by atoms with E-state index in [1.54, 1.807) is 36.1 Å². The molecule has 1 heterocycles. The van der Waals surface area contributed by atoms with Gasteiger partial charge in [-0.05, 0) is 31.5 Å². The fourth-order valence-corrected chi connectivity index (χ4v) is 3.79. The van der Waals surface area contributed by atoms with Crippen LogP contribution in [-0.4, -0.2) is 88.0 Å². The van der Waals surface area contributed by atoms with Crippen LogP contribution in [0.15, 0.2) is 34.2 Å². The summed E-state index contributed by atoms with van der Waals surface area (Å²) in [5, 5.41) is 3.28. The van der Waals surface area contributed by atoms with Crippen LogP contribution in [0.4, 0.5) is 4.79 Å². The first kappa shape index (κ1) is 23.0. The molecular weight excluding hydrogens is 394 g/mol. The lowest BCUT2D eigenvalue weighted by Gasteiger charge is -2.35. The predicted molar refractivity (Wildman–Crippen MR) is 112 cm³/mol. The van der Waals surface area contributed by atoms with Gasteiger partial charge in [-0.2, -0.15) is 0 Å². The highest BCUT2D eigenvalue weighted by Gasteiger charge is 2.23. The Morgan fingerprint density at radius 1 is 1.10 bits per heavy atom. The number of carbonyl (C=O) groups is 1. The van der Waals surface area contributed by atoms with Crippen LogP contribution in [-0.2, 0) is 21.3 Å². The van der Waals surface area contributed by atoms with Crippen molar-refractivity contribution >= 4 is 22.1 Å². The molecule has 1 saturated heterocycles. The van der Waals surface area contributed by atoms with Crippen molar-refractivity contribution in [3.63, 3.8) is 0 Å². The van der Waals surface area contributed by atoms with Gasteiger partial charge in [-0.25, -0.2) is 22.5 Å². The van der Waals surface area contributed by atoms with Crippen molar-refractivity contribution in [2.75, 3.05) is 53.4 Å². The van der Waals surface area contributed by atoms with Gasteiger partial charge in [0.2, 0.25) is 10.0 Å². The van der Waals surface area contributed by atoms with Crippen LogP contribution in [0, 0.1) is 0 Å². The first-order chi connectivity index (χ1) is 13.8. The van der Waals surface area contributed by atoms with Gasteiger partial charge >= 0.3 is 6.09 Å². The van der Waals surface area contributed by atoms with Gasteiger partial charge in [0.15, 0.2) is 5.96 Å². The first-order valence-corrected chi connectivity index (χ1v) is 11.2. The molecule has 0 atom stereocenters. The summed E-state index contributed by atoms with van der Waals surface area (Å²) in [6, 6.07) is 6.76. The molecule has 29 heavy (non-hydrogen) atoms. The molecular formula is C19H31N5O4S. The smallest absolute Gasteiger partial charge is 0.409 e. The second-order valence-electron chi connectivity index (χ2n) is 6.77. The number of carbonyl (C=O) groups excluding carboxylic acids is 1. The van der Waals surface area contributed by atoms with Crippen LogP contribution < -0.4 is 5.32 Å². The normalized spacial score (nSPS) is 15.6. The lowest BCUT2D eigenvalue weighted by molar-refractivity contribution is 0.0914. The number of piperazine rings is 1. The predicted octanol–water partition coefficient (Wildman–Crippen LogP) is 1.18. The molecule has 9 nitrogen and oxygen atoms in total. The molecule has 1 aromatic rings. The van der Waals surface area contributed by atoms with Gasteiger partial charge in [0.05, 0.1) is 18.0 Å². The molecule has 0 aromatic heterocycles. The zero-order valence-corrected chi connectivity index (χ0v) is 18.4. The Morgan fingerprint density at radius 2 is 1.69 bits per heavy atom. The minimum Gasteiger partial charge on any atom is -0.450 e. The number of guanidine groups is 1. The highest BCUT2D eigenvalue weighted by atomic mass is 32.2. The first-order valence-electron chi connectivity index (χ1n) is 9.76. The van der Waals surface area contributed by atoms with Gasteiger partial charge in [-0.3, -0.25) is 0 Å². The molecule has 1 amide bonds. The van der Waals surface area contributed by atoms with E-state index in [-0.39, 0.29) is 11.0 Å². The number of nitrogens with zero attached hydrogens (tertiary/aromatic N) is 4. The minimum atomic E-state index is -3.43. The number of hydrogen-bond acceptors (Lipinski definition) is 5. The summed E-state index contributed by atoms with van der Waals surface area (Å²) in [6.07, 6.45) is -0.276. The Hall–Kier alpha value is -2.33. The zero-order valence-electron chi connectivity index (χ0n) is 17.6. The molecule has 162 valence electrons. The summed E-state index contributed by atoms with van der Waals surface area (Å²) < 4.78 is 30.6. The fraction of sp³-hybridized carbons (Fsp3) is 0.579. The maximum absolute atomic E-state index is 12.2. The monoisotopic (exact) mass is 425 g/mol. The van der Waals surface area contributed by atoms with Crippen LogP contribution in [0.5, 0.6) is 0 Å². The Balaban J connectivity index is 2.02. The Bertz CT molecular complexity index is 800. The molecule has 0 spiro atoms. The van der Waals surface area contributed by atoms with E-state index in [9.17, 15) is 13.2 Å². The Morgan fingerprint density at radius 3 is 2.21 bits per heavy atom. The zero-order chi connectivity index (χ0) is 21.4. The average Bonchev–Trinajstić information content (AvgIpc) is 2.71. The van der Waals surface area contributed by atoms with E-state index in [1.807, 2.05) is 6.92 Å². The highest BCUT2D eigenvalue weighted by Crippen LogP contribution is 2.14. The second kappa shape index (κ2) is 10.4. The number of benzene rings is 1. The average molecular weight is 426 g/mol. The molecule has 0 saturated carbocycles. The third kappa shape index (κ3) is 6.07. The molecule has 0 aliphatic carbocycles. The molecule has 1 aliphatic rings. The summed E-state index contributed by atoms with van der Waals surface area (Å²) in [5.74, 6) is 0.779. The molecule has 2 rings (SSSR count). The number of amides is 1. The molecule has 0 radical (unpaired) electrons. The largest absolute Gasteiger partial charge is 0.450 e. The van der Waals surface area contributed by atoms with E-state index in [0.29, 0.717) is 39.3 Å². The minimum absolute atomic E-state index is 0.261. The van der Waals surface area contributed by atoms with Gasteiger partial charge in [0, 0.05) is 46.8 Å². The fourth-order valence-electron chi connectivity index (χ4n) is 2.89. The summed E-state index contributed by atoms with van der Waals surface area (Å²) in [5.41, 5.74) is 0.920. The van der Waals surface area contributed by atoms with Crippen molar-refractivity contribution in [1.29, 1.82) is 0 Å². The lowest BCUT2D eigenvalue weighted by atomic mass is 10.2. The molecule has 1 fully saturated rings. The van der Waals surface area contributed by atoms with E-state index < -0.39 is 10.0 Å². The van der Waals surface area contributed by atoms with Gasteiger partial charge in [0.1, 0.15) is 0 Å². The van der Waals surface area contributed by atoms with E-state index in [0.717, 1.165) is 18.1 Å². The van der Waals surface area contributed by atoms with Crippen molar-refractivity contribution in [2.45, 2.75) is 25.3 Å². The van der Waals surface area contributed by atoms with Crippen LogP contribution >= 0.6 is 0 Å². The molecule has 1 aliphatic heterocycles. The van der Waals surface area contributed by atoms with Crippen molar-refractivity contribution in [1.82, 2.24) is 19.4 Å². The number of sulfonamides is 1. The standard InChI is InChI=1S/C19H31N5O4S/c1-5-20-18(23-11-13-24(14-12-23)19(25)28-6-2)21-15-16-7-9-17(10-8-16)29(26,27)22(3)4/h7-10H,5-6,11-15H2,1-4H3,(H,20,21). The Kier molecular flexibility index (Phi) is 8.27. The van der Waals surface area contributed by atoms with Crippen molar-refractivity contribution < 1.29 is 17.9 Å². The molecule has 0 bridgehead atoms. The maximum atomic E-state index is 12.2. The van der Waals surface area contributed by atoms with Gasteiger partial charge < -0.3 is 19.9 Å². The van der Waals surface area contributed by atoms with E-state index in [1.165, 1.54) is 18.4 Å². The van der Waals surface area contributed by atoms with Gasteiger partial charge in [0.25, 0.3) is 0 Å². The number of ether oxygens (including phenoxy) is 1. The van der Waals surface area contributed by atoms with E-state index in [4.69, 9.17) is 4.74 Å². The van der Waals surface area contributed by atoms with Crippen LogP contribution in [0.1, 0.15) is 19.4 Å². The quantitative estimate of drug-likeness (QED) is 0.543. The summed E-state index contributed by atoms with van der Waals surface area (Å²) in [6.45, 7) is 7.85. The maximum Gasteiger partial charge on any atom is 0.409 e. The molecule has 10 heteroatoms. The lowest BCUT2D eigenvalue weighted by Crippen LogP contribution is -2.53. The number of aliphatic imine (C=N–C) groups is 1. The Labute approximate surface area is 173 Å².